The number of likely N-dealkylation sites (tertiary alicyclic amines) is 1. The zero-order chi connectivity index (χ0) is 19.9. The Bertz CT molecular complexity index is 753. The Morgan fingerprint density at radius 3 is 2.93 bits per heavy atom. The van der Waals surface area contributed by atoms with Crippen LogP contribution in [0.15, 0.2) is 5.38 Å². The van der Waals surface area contributed by atoms with Crippen LogP contribution < -0.4 is 9.47 Å². The van der Waals surface area contributed by atoms with Crippen molar-refractivity contribution in [1.82, 2.24) is 9.80 Å². The minimum atomic E-state index is -0.250. The number of fused-ring (bicyclic) bond motifs is 2. The Morgan fingerprint density at radius 2 is 2.18 bits per heavy atom. The summed E-state index contributed by atoms with van der Waals surface area (Å²) in [4.78, 5) is 26.4. The third kappa shape index (κ3) is 3.15. The van der Waals surface area contributed by atoms with E-state index in [9.17, 15) is 4.79 Å². The van der Waals surface area contributed by atoms with Crippen molar-refractivity contribution < 1.29 is 28.9 Å². The molecule has 4 atom stereocenters. The smallest absolute Gasteiger partial charge is 0.290 e. The fraction of sp³-hybridized carbons (Fsp3) is 0.684. The number of thiophene rings is 1. The van der Waals surface area contributed by atoms with Crippen LogP contribution in [-0.2, 0) is 9.53 Å². The summed E-state index contributed by atoms with van der Waals surface area (Å²) in [6, 6.07) is 0. The van der Waals surface area contributed by atoms with Gasteiger partial charge < -0.3 is 29.1 Å². The van der Waals surface area contributed by atoms with E-state index in [2.05, 4.69) is 19.0 Å². The van der Waals surface area contributed by atoms with Crippen LogP contribution in [0, 0.1) is 11.8 Å². The Hall–Kier alpha value is -1.84. The van der Waals surface area contributed by atoms with E-state index in [1.165, 1.54) is 11.3 Å². The first-order valence-corrected chi connectivity index (χ1v) is 10.4. The molecule has 1 aromatic rings. The average Bonchev–Trinajstić information content (AvgIpc) is 3.41. The molecule has 0 saturated carbocycles. The van der Waals surface area contributed by atoms with Crippen molar-refractivity contribution in [3.8, 4) is 11.5 Å². The highest BCUT2D eigenvalue weighted by atomic mass is 32.1. The van der Waals surface area contributed by atoms with Gasteiger partial charge in [-0.1, -0.05) is 0 Å². The van der Waals surface area contributed by atoms with Gasteiger partial charge in [0.25, 0.3) is 12.4 Å². The summed E-state index contributed by atoms with van der Waals surface area (Å²) in [5.74, 6) is 2.38. The van der Waals surface area contributed by atoms with Crippen LogP contribution >= 0.6 is 11.3 Å². The maximum Gasteiger partial charge on any atom is 0.290 e. The van der Waals surface area contributed by atoms with Crippen molar-refractivity contribution in [1.29, 1.82) is 0 Å². The molecule has 1 amide bonds. The van der Waals surface area contributed by atoms with Crippen molar-refractivity contribution in [2.75, 3.05) is 46.9 Å². The quantitative estimate of drug-likeness (QED) is 0.754. The molecule has 5 heterocycles. The van der Waals surface area contributed by atoms with Gasteiger partial charge in [-0.05, 0) is 26.9 Å². The van der Waals surface area contributed by atoms with E-state index in [1.807, 2.05) is 10.3 Å². The summed E-state index contributed by atoms with van der Waals surface area (Å²) < 4.78 is 17.7. The van der Waals surface area contributed by atoms with Gasteiger partial charge in [-0.25, -0.2) is 0 Å². The molecule has 0 aromatic carbocycles. The first kappa shape index (κ1) is 19.5. The number of carbonyl (C=O) groups is 2. The second-order valence-electron chi connectivity index (χ2n) is 8.04. The molecule has 0 radical (unpaired) electrons. The molecular formula is C19H26N2O6S. The van der Waals surface area contributed by atoms with Gasteiger partial charge in [-0.3, -0.25) is 9.59 Å². The fourth-order valence-electron chi connectivity index (χ4n) is 5.17. The summed E-state index contributed by atoms with van der Waals surface area (Å²) in [5, 5.41) is 8.77. The van der Waals surface area contributed by atoms with Gasteiger partial charge in [0.15, 0.2) is 11.5 Å². The minimum absolute atomic E-state index is 0.0659. The Balaban J connectivity index is 0.000000604. The molecule has 1 spiro atoms. The summed E-state index contributed by atoms with van der Waals surface area (Å²) >= 11 is 1.43. The maximum atomic E-state index is 13.1. The molecular weight excluding hydrogens is 384 g/mol. The number of nitrogens with zero attached hydrogens (tertiary/aromatic N) is 2. The molecule has 8 nitrogen and oxygen atoms in total. The van der Waals surface area contributed by atoms with E-state index in [1.54, 1.807) is 0 Å². The van der Waals surface area contributed by atoms with E-state index in [4.69, 9.17) is 24.1 Å². The molecule has 1 N–H and O–H groups in total. The van der Waals surface area contributed by atoms with E-state index in [0.717, 1.165) is 25.9 Å². The molecule has 0 unspecified atom stereocenters. The fourth-order valence-corrected chi connectivity index (χ4v) is 6.06. The lowest BCUT2D eigenvalue weighted by atomic mass is 9.73. The Morgan fingerprint density at radius 1 is 1.43 bits per heavy atom. The van der Waals surface area contributed by atoms with Crippen LogP contribution in [0.3, 0.4) is 0 Å². The molecule has 2 bridgehead atoms. The third-order valence-corrected chi connectivity index (χ3v) is 7.07. The molecule has 0 aliphatic carbocycles. The molecule has 3 fully saturated rings. The van der Waals surface area contributed by atoms with Crippen molar-refractivity contribution in [3.63, 3.8) is 0 Å². The largest absolute Gasteiger partial charge is 0.485 e. The van der Waals surface area contributed by atoms with Crippen molar-refractivity contribution >= 4 is 23.7 Å². The van der Waals surface area contributed by atoms with Gasteiger partial charge in [0.05, 0.1) is 18.2 Å². The third-order valence-electron chi connectivity index (χ3n) is 6.14. The van der Waals surface area contributed by atoms with Crippen molar-refractivity contribution in [2.45, 2.75) is 24.5 Å². The van der Waals surface area contributed by atoms with E-state index in [-0.39, 0.29) is 18.0 Å². The molecule has 154 valence electrons. The highest BCUT2D eigenvalue weighted by Gasteiger charge is 2.63. The second kappa shape index (κ2) is 7.53. The van der Waals surface area contributed by atoms with Crippen LogP contribution in [-0.4, -0.2) is 85.9 Å². The first-order chi connectivity index (χ1) is 13.5. The average molecular weight is 410 g/mol. The van der Waals surface area contributed by atoms with Gasteiger partial charge in [0, 0.05) is 30.3 Å². The van der Waals surface area contributed by atoms with Crippen LogP contribution in [0.25, 0.3) is 0 Å². The van der Waals surface area contributed by atoms with Gasteiger partial charge >= 0.3 is 0 Å². The summed E-state index contributed by atoms with van der Waals surface area (Å²) in [6.45, 7) is 3.34. The number of hydrogen-bond acceptors (Lipinski definition) is 7. The lowest BCUT2D eigenvalue weighted by Gasteiger charge is -2.30. The van der Waals surface area contributed by atoms with Crippen LogP contribution in [0.5, 0.6) is 11.5 Å². The second-order valence-corrected chi connectivity index (χ2v) is 8.92. The molecule has 4 aliphatic heterocycles. The monoisotopic (exact) mass is 410 g/mol. The summed E-state index contributed by atoms with van der Waals surface area (Å²) in [7, 11) is 4.23. The van der Waals surface area contributed by atoms with Gasteiger partial charge in [0.2, 0.25) is 0 Å². The van der Waals surface area contributed by atoms with Crippen LogP contribution in [0.2, 0.25) is 0 Å². The van der Waals surface area contributed by atoms with E-state index < -0.39 is 0 Å². The first-order valence-electron chi connectivity index (χ1n) is 9.56. The molecule has 5 rings (SSSR count). The molecule has 3 saturated heterocycles. The number of ether oxygens (including phenoxy) is 3. The zero-order valence-electron chi connectivity index (χ0n) is 16.1. The molecule has 9 heteroatoms. The van der Waals surface area contributed by atoms with Crippen molar-refractivity contribution in [3.05, 3.63) is 10.3 Å². The predicted octanol–water partition coefficient (Wildman–Crippen LogP) is 1.40. The number of amides is 1. The topological polar surface area (TPSA) is 88.5 Å². The number of rotatable bonds is 3. The van der Waals surface area contributed by atoms with E-state index in [0.29, 0.717) is 54.1 Å². The van der Waals surface area contributed by atoms with E-state index >= 15 is 0 Å². The number of hydrogen-bond donors (Lipinski definition) is 1. The molecule has 4 aliphatic rings. The number of carbonyl (C=O) groups excluding carboxylic acids is 1. The summed E-state index contributed by atoms with van der Waals surface area (Å²) in [6.07, 6.45) is 2.58. The predicted molar refractivity (Wildman–Crippen MR) is 102 cm³/mol. The summed E-state index contributed by atoms with van der Waals surface area (Å²) in [5.41, 5.74) is -0.115. The lowest BCUT2D eigenvalue weighted by Crippen LogP contribution is -2.40. The molecule has 28 heavy (non-hydrogen) atoms. The van der Waals surface area contributed by atoms with Crippen LogP contribution in [0.1, 0.15) is 22.5 Å². The van der Waals surface area contributed by atoms with Crippen LogP contribution in [0.4, 0.5) is 0 Å². The number of carboxylic acid groups (broad SMARTS) is 1. The molecule has 1 aromatic heterocycles. The maximum absolute atomic E-state index is 13.1. The SMILES string of the molecule is CN(C)C[C@H]1[C@H]2CN(C(=O)c3scc4c3OCCO4)C[C@]23CC[C@H]1O3.O=CO. The Labute approximate surface area is 168 Å². The van der Waals surface area contributed by atoms with Gasteiger partial charge in [-0.2, -0.15) is 0 Å². The minimum Gasteiger partial charge on any atom is -0.485 e. The van der Waals surface area contributed by atoms with Gasteiger partial charge in [0.1, 0.15) is 18.1 Å². The zero-order valence-corrected chi connectivity index (χ0v) is 16.9. The highest BCUT2D eigenvalue weighted by molar-refractivity contribution is 7.12. The standard InChI is InChI=1S/C18H24N2O4S.CH2O2/c1-19(2)7-11-12-8-20(10-18(12)4-3-13(11)24-18)17(21)16-15-14(9-25-16)22-5-6-23-15;2-1-3/h9,11-13H,3-8,10H2,1-2H3;1H,(H,2,3)/t11-,12+,13+,18+;/m0./s1. The van der Waals surface area contributed by atoms with Crippen molar-refractivity contribution in [2.24, 2.45) is 11.8 Å². The Kier molecular flexibility index (Phi) is 5.24. The van der Waals surface area contributed by atoms with Gasteiger partial charge in [-0.15, -0.1) is 11.3 Å². The highest BCUT2D eigenvalue weighted by Crippen LogP contribution is 2.55. The normalized spacial score (nSPS) is 32.1. The lowest BCUT2D eigenvalue weighted by molar-refractivity contribution is -0.122.